The molecule has 1 aliphatic rings. The molecule has 0 amide bonds. The van der Waals surface area contributed by atoms with Crippen LogP contribution in [0.5, 0.6) is 0 Å². The van der Waals surface area contributed by atoms with Crippen LogP contribution in [0.4, 0.5) is 23.0 Å². The van der Waals surface area contributed by atoms with Gasteiger partial charge in [0.25, 0.3) is 0 Å². The molecule has 2 aromatic carbocycles. The van der Waals surface area contributed by atoms with Gasteiger partial charge in [-0.05, 0) is 56.7 Å². The lowest BCUT2D eigenvalue weighted by atomic mass is 10.00. The summed E-state index contributed by atoms with van der Waals surface area (Å²) in [5.41, 5.74) is 8.50. The van der Waals surface area contributed by atoms with Gasteiger partial charge in [0.15, 0.2) is 11.5 Å². The highest BCUT2D eigenvalue weighted by atomic mass is 15.4. The highest BCUT2D eigenvalue weighted by Gasteiger charge is 2.29. The van der Waals surface area contributed by atoms with Crippen molar-refractivity contribution in [3.8, 4) is 0 Å². The highest BCUT2D eigenvalue weighted by Crippen LogP contribution is 2.41. The lowest BCUT2D eigenvalue weighted by molar-refractivity contribution is 0.686. The van der Waals surface area contributed by atoms with Crippen LogP contribution < -0.4 is 9.80 Å². The molecule has 2 heterocycles. The minimum atomic E-state index is 0.688. The molecule has 0 aliphatic carbocycles. The van der Waals surface area contributed by atoms with E-state index in [4.69, 9.17) is 11.7 Å². The molecule has 0 bridgehead atoms. The Hall–Kier alpha value is -3.26. The van der Waals surface area contributed by atoms with Gasteiger partial charge in [0, 0.05) is 37.9 Å². The summed E-state index contributed by atoms with van der Waals surface area (Å²) in [6, 6.07) is 12.5. The van der Waals surface area contributed by atoms with E-state index in [2.05, 4.69) is 78.3 Å². The van der Waals surface area contributed by atoms with Gasteiger partial charge in [-0.1, -0.05) is 48.9 Å². The SMILES string of the molecule is [C-]#[N+]c1ccc(CN(CCC)c2c3c(nn2C)N(c2c(C)cc(C)cc2C)CCC3)cc1. The van der Waals surface area contributed by atoms with E-state index in [-0.39, 0.29) is 0 Å². The summed E-state index contributed by atoms with van der Waals surface area (Å²) in [5.74, 6) is 2.33. The van der Waals surface area contributed by atoms with E-state index in [1.807, 2.05) is 12.1 Å². The minimum absolute atomic E-state index is 0.688. The zero-order valence-corrected chi connectivity index (χ0v) is 19.9. The highest BCUT2D eigenvalue weighted by molar-refractivity contribution is 5.74. The van der Waals surface area contributed by atoms with E-state index in [9.17, 15) is 0 Å². The predicted octanol–water partition coefficient (Wildman–Crippen LogP) is 6.40. The maximum Gasteiger partial charge on any atom is 0.187 e. The molecule has 0 saturated heterocycles. The smallest absolute Gasteiger partial charge is 0.187 e. The number of aromatic nitrogens is 2. The summed E-state index contributed by atoms with van der Waals surface area (Å²) in [6.07, 6.45) is 3.24. The van der Waals surface area contributed by atoms with Crippen molar-refractivity contribution in [2.45, 2.75) is 53.5 Å². The number of nitrogens with zero attached hydrogens (tertiary/aromatic N) is 5. The van der Waals surface area contributed by atoms with Crippen LogP contribution in [0.25, 0.3) is 4.85 Å². The Morgan fingerprint density at radius 2 is 1.78 bits per heavy atom. The molecule has 1 aromatic heterocycles. The monoisotopic (exact) mass is 427 g/mol. The van der Waals surface area contributed by atoms with Gasteiger partial charge in [-0.3, -0.25) is 4.68 Å². The second kappa shape index (κ2) is 9.08. The Labute approximate surface area is 192 Å². The Morgan fingerprint density at radius 1 is 1.09 bits per heavy atom. The summed E-state index contributed by atoms with van der Waals surface area (Å²) >= 11 is 0. The van der Waals surface area contributed by atoms with Crippen molar-refractivity contribution in [2.75, 3.05) is 22.9 Å². The fraction of sp³-hybridized carbons (Fsp3) is 0.407. The molecule has 0 saturated carbocycles. The molecule has 166 valence electrons. The summed E-state index contributed by atoms with van der Waals surface area (Å²) in [7, 11) is 2.07. The summed E-state index contributed by atoms with van der Waals surface area (Å²) in [5, 5.41) is 5.05. The van der Waals surface area contributed by atoms with Crippen molar-refractivity contribution >= 4 is 23.0 Å². The number of aryl methyl sites for hydroxylation is 4. The summed E-state index contributed by atoms with van der Waals surface area (Å²) in [4.78, 5) is 8.41. The first kappa shape index (κ1) is 22.0. The minimum Gasteiger partial charge on any atom is -0.352 e. The molecular formula is C27H33N5. The van der Waals surface area contributed by atoms with Gasteiger partial charge in [-0.2, -0.15) is 5.10 Å². The maximum atomic E-state index is 7.20. The van der Waals surface area contributed by atoms with E-state index in [0.29, 0.717) is 5.69 Å². The summed E-state index contributed by atoms with van der Waals surface area (Å²) in [6.45, 7) is 18.8. The largest absolute Gasteiger partial charge is 0.352 e. The first-order valence-corrected chi connectivity index (χ1v) is 11.6. The van der Waals surface area contributed by atoms with Crippen LogP contribution in [-0.2, 0) is 20.0 Å². The van der Waals surface area contributed by atoms with E-state index < -0.39 is 0 Å². The van der Waals surface area contributed by atoms with Gasteiger partial charge in [0.2, 0.25) is 0 Å². The molecule has 0 N–H and O–H groups in total. The van der Waals surface area contributed by atoms with Crippen LogP contribution in [-0.4, -0.2) is 22.9 Å². The normalized spacial score (nSPS) is 13.1. The molecule has 32 heavy (non-hydrogen) atoms. The lowest BCUT2D eigenvalue weighted by Gasteiger charge is -2.32. The molecule has 0 spiro atoms. The fourth-order valence-corrected chi connectivity index (χ4v) is 5.14. The van der Waals surface area contributed by atoms with Crippen LogP contribution in [0, 0.1) is 27.3 Å². The lowest BCUT2D eigenvalue weighted by Crippen LogP contribution is -2.29. The zero-order valence-electron chi connectivity index (χ0n) is 19.9. The van der Waals surface area contributed by atoms with Crippen molar-refractivity contribution < 1.29 is 0 Å². The number of anilines is 3. The first-order chi connectivity index (χ1) is 15.4. The number of rotatable bonds is 6. The second-order valence-electron chi connectivity index (χ2n) is 8.95. The van der Waals surface area contributed by atoms with Crippen molar-refractivity contribution in [1.82, 2.24) is 9.78 Å². The van der Waals surface area contributed by atoms with Gasteiger partial charge in [-0.15, -0.1) is 0 Å². The van der Waals surface area contributed by atoms with Crippen molar-refractivity contribution in [1.29, 1.82) is 0 Å². The Bertz CT molecular complexity index is 1130. The third-order valence-corrected chi connectivity index (χ3v) is 6.29. The number of fused-ring (bicyclic) bond motifs is 1. The molecule has 0 radical (unpaired) electrons. The number of benzene rings is 2. The van der Waals surface area contributed by atoms with Crippen LogP contribution in [0.15, 0.2) is 36.4 Å². The number of hydrogen-bond acceptors (Lipinski definition) is 3. The quantitative estimate of drug-likeness (QED) is 0.426. The van der Waals surface area contributed by atoms with Crippen molar-refractivity contribution in [3.05, 3.63) is 75.6 Å². The van der Waals surface area contributed by atoms with Crippen molar-refractivity contribution in [2.24, 2.45) is 7.05 Å². The Morgan fingerprint density at radius 3 is 2.41 bits per heavy atom. The van der Waals surface area contributed by atoms with E-state index in [0.717, 1.165) is 44.7 Å². The van der Waals surface area contributed by atoms with Crippen LogP contribution >= 0.6 is 0 Å². The van der Waals surface area contributed by atoms with Gasteiger partial charge >= 0.3 is 0 Å². The average molecular weight is 428 g/mol. The molecule has 5 nitrogen and oxygen atoms in total. The van der Waals surface area contributed by atoms with E-state index in [1.54, 1.807) is 0 Å². The average Bonchev–Trinajstić information content (AvgIpc) is 3.10. The molecular weight excluding hydrogens is 394 g/mol. The topological polar surface area (TPSA) is 28.7 Å². The molecule has 0 unspecified atom stereocenters. The van der Waals surface area contributed by atoms with Gasteiger partial charge < -0.3 is 9.80 Å². The standard InChI is InChI=1S/C27H33N5/c1-7-14-31(18-22-10-12-23(28-5)13-11-22)27-24-9-8-15-32(26(24)29-30(27)6)25-20(3)16-19(2)17-21(25)4/h10-13,16-17H,7-9,14-15,18H2,1-4,6H3. The van der Waals surface area contributed by atoms with E-state index in [1.165, 1.54) is 39.3 Å². The van der Waals surface area contributed by atoms with Crippen molar-refractivity contribution in [3.63, 3.8) is 0 Å². The summed E-state index contributed by atoms with van der Waals surface area (Å²) < 4.78 is 2.07. The molecule has 0 atom stereocenters. The molecule has 4 rings (SSSR count). The van der Waals surface area contributed by atoms with Gasteiger partial charge in [0.05, 0.1) is 6.57 Å². The van der Waals surface area contributed by atoms with Crippen LogP contribution in [0.1, 0.15) is 47.6 Å². The molecule has 3 aromatic rings. The van der Waals surface area contributed by atoms with Crippen LogP contribution in [0.2, 0.25) is 0 Å². The molecule has 5 heteroatoms. The zero-order chi connectivity index (χ0) is 22.8. The van der Waals surface area contributed by atoms with Gasteiger partial charge in [0.1, 0.15) is 5.82 Å². The predicted molar refractivity (Wildman–Crippen MR) is 133 cm³/mol. The fourth-order valence-electron chi connectivity index (χ4n) is 5.14. The third kappa shape index (κ3) is 4.10. The maximum absolute atomic E-state index is 7.20. The Balaban J connectivity index is 1.74. The van der Waals surface area contributed by atoms with Gasteiger partial charge in [-0.25, -0.2) is 4.85 Å². The van der Waals surface area contributed by atoms with Crippen LogP contribution in [0.3, 0.4) is 0 Å². The van der Waals surface area contributed by atoms with E-state index >= 15 is 0 Å². The Kier molecular flexibility index (Phi) is 6.23. The second-order valence-corrected chi connectivity index (χ2v) is 8.95. The first-order valence-electron chi connectivity index (χ1n) is 11.6. The molecule has 0 fully saturated rings. The molecule has 1 aliphatic heterocycles. The number of hydrogen-bond donors (Lipinski definition) is 0. The third-order valence-electron chi connectivity index (χ3n) is 6.29.